The zero-order chi connectivity index (χ0) is 15.8. The molecule has 2 atom stereocenters. The molecule has 0 spiro atoms. The number of carbonyl (C=O) groups excluding carboxylic acids is 2. The average molecular weight is 304 g/mol. The number of anilines is 1. The second kappa shape index (κ2) is 5.38. The van der Waals surface area contributed by atoms with Crippen LogP contribution >= 0.6 is 0 Å². The van der Waals surface area contributed by atoms with Crippen LogP contribution in [0.2, 0.25) is 0 Å². The predicted molar refractivity (Wildman–Crippen MR) is 67.2 cm³/mol. The van der Waals surface area contributed by atoms with Crippen LogP contribution in [0.4, 0.5) is 18.9 Å². The number of piperidine rings is 1. The summed E-state index contributed by atoms with van der Waals surface area (Å²) in [5.41, 5.74) is -1.57. The van der Waals surface area contributed by atoms with E-state index >= 15 is 0 Å². The average Bonchev–Trinajstić information content (AvgIpc) is 2.68. The van der Waals surface area contributed by atoms with Gasteiger partial charge in [-0.05, 0) is 12.3 Å². The number of amides is 2. The van der Waals surface area contributed by atoms with E-state index in [0.717, 1.165) is 10.9 Å². The summed E-state index contributed by atoms with van der Waals surface area (Å²) in [7, 11) is 1.33. The molecule has 116 valence electrons. The highest BCUT2D eigenvalue weighted by atomic mass is 19.4. The van der Waals surface area contributed by atoms with Gasteiger partial charge in [0.05, 0.1) is 5.69 Å². The second-order valence-electron chi connectivity index (χ2n) is 5.22. The molecule has 2 amide bonds. The molecule has 0 bridgehead atoms. The maximum absolute atomic E-state index is 12.8. The summed E-state index contributed by atoms with van der Waals surface area (Å²) >= 11 is 0. The van der Waals surface area contributed by atoms with Gasteiger partial charge in [-0.1, -0.05) is 6.92 Å². The molecule has 2 N–H and O–H groups in total. The first-order valence-corrected chi connectivity index (χ1v) is 6.38. The molecule has 0 radical (unpaired) electrons. The Morgan fingerprint density at radius 2 is 2.19 bits per heavy atom. The lowest BCUT2D eigenvalue weighted by molar-refractivity contribution is -0.141. The van der Waals surface area contributed by atoms with Gasteiger partial charge in [-0.2, -0.15) is 18.3 Å². The highest BCUT2D eigenvalue weighted by Gasteiger charge is 2.38. The number of halogens is 3. The molecule has 0 aliphatic carbocycles. The molecule has 1 fully saturated rings. The van der Waals surface area contributed by atoms with Crippen molar-refractivity contribution in [2.24, 2.45) is 13.0 Å². The summed E-state index contributed by atoms with van der Waals surface area (Å²) in [6.07, 6.45) is -2.88. The van der Waals surface area contributed by atoms with Crippen molar-refractivity contribution in [2.45, 2.75) is 32.0 Å². The minimum Gasteiger partial charge on any atom is -0.344 e. The Morgan fingerprint density at radius 3 is 2.76 bits per heavy atom. The van der Waals surface area contributed by atoms with Crippen molar-refractivity contribution in [1.82, 2.24) is 15.1 Å². The van der Waals surface area contributed by atoms with E-state index in [0.29, 0.717) is 12.8 Å². The number of hydrogen-bond acceptors (Lipinski definition) is 3. The number of nitrogens with zero attached hydrogens (tertiary/aromatic N) is 2. The summed E-state index contributed by atoms with van der Waals surface area (Å²) in [5.74, 6) is -0.949. The van der Waals surface area contributed by atoms with Crippen molar-refractivity contribution >= 4 is 17.5 Å². The maximum atomic E-state index is 12.8. The molecule has 21 heavy (non-hydrogen) atoms. The zero-order valence-corrected chi connectivity index (χ0v) is 11.5. The zero-order valence-electron chi connectivity index (χ0n) is 11.5. The van der Waals surface area contributed by atoms with Gasteiger partial charge in [-0.15, -0.1) is 0 Å². The Balaban J connectivity index is 2.15. The van der Waals surface area contributed by atoms with Crippen LogP contribution < -0.4 is 10.6 Å². The fourth-order valence-corrected chi connectivity index (χ4v) is 2.30. The van der Waals surface area contributed by atoms with E-state index in [4.69, 9.17) is 0 Å². The molecule has 0 aromatic carbocycles. The molecule has 1 aliphatic rings. The van der Waals surface area contributed by atoms with Crippen molar-refractivity contribution in [3.05, 3.63) is 11.9 Å². The van der Waals surface area contributed by atoms with Gasteiger partial charge in [-0.25, -0.2) is 0 Å². The lowest BCUT2D eigenvalue weighted by Gasteiger charge is -2.26. The molecule has 0 unspecified atom stereocenters. The van der Waals surface area contributed by atoms with E-state index in [2.05, 4.69) is 15.7 Å². The molecule has 2 rings (SSSR count). The molecule has 0 saturated carbocycles. The third-order valence-corrected chi connectivity index (χ3v) is 3.18. The number of rotatable bonds is 2. The third kappa shape index (κ3) is 3.53. The Labute approximate surface area is 118 Å². The normalized spacial score (nSPS) is 22.8. The van der Waals surface area contributed by atoms with E-state index in [1.54, 1.807) is 0 Å². The minimum atomic E-state index is -4.66. The van der Waals surface area contributed by atoms with Gasteiger partial charge in [0.1, 0.15) is 6.04 Å². The van der Waals surface area contributed by atoms with Gasteiger partial charge >= 0.3 is 6.18 Å². The van der Waals surface area contributed by atoms with Crippen molar-refractivity contribution < 1.29 is 22.8 Å². The first-order chi connectivity index (χ1) is 9.66. The smallest absolute Gasteiger partial charge is 0.344 e. The number of carbonyl (C=O) groups is 2. The summed E-state index contributed by atoms with van der Waals surface area (Å²) in [4.78, 5) is 23.4. The van der Waals surface area contributed by atoms with Gasteiger partial charge in [0.15, 0.2) is 5.69 Å². The summed E-state index contributed by atoms with van der Waals surface area (Å²) in [6, 6.07) is -0.831. The van der Waals surface area contributed by atoms with Crippen molar-refractivity contribution in [1.29, 1.82) is 0 Å². The van der Waals surface area contributed by atoms with Gasteiger partial charge in [0.25, 0.3) is 0 Å². The van der Waals surface area contributed by atoms with Crippen LogP contribution in [0.25, 0.3) is 0 Å². The van der Waals surface area contributed by atoms with E-state index < -0.39 is 29.5 Å². The predicted octanol–water partition coefficient (Wildman–Crippen LogP) is 1.29. The van der Waals surface area contributed by atoms with Crippen LogP contribution in [0.15, 0.2) is 6.20 Å². The number of alkyl halides is 3. The molecule has 1 aromatic rings. The molecule has 6 nitrogen and oxygen atoms in total. The van der Waals surface area contributed by atoms with Crippen LogP contribution in [0.5, 0.6) is 0 Å². The first kappa shape index (κ1) is 15.3. The van der Waals surface area contributed by atoms with Crippen molar-refractivity contribution in [2.75, 3.05) is 5.32 Å². The molecule has 1 aromatic heterocycles. The molecule has 1 saturated heterocycles. The van der Waals surface area contributed by atoms with Gasteiger partial charge in [0, 0.05) is 19.7 Å². The Bertz CT molecular complexity index is 567. The fourth-order valence-electron chi connectivity index (χ4n) is 2.30. The molecular weight excluding hydrogens is 289 g/mol. The molecular formula is C12H15F3N4O2. The fraction of sp³-hybridized carbons (Fsp3) is 0.583. The van der Waals surface area contributed by atoms with Gasteiger partial charge in [-0.3, -0.25) is 14.3 Å². The number of hydrogen-bond donors (Lipinski definition) is 2. The number of aryl methyl sites for hydroxylation is 1. The van der Waals surface area contributed by atoms with E-state index in [1.165, 1.54) is 7.05 Å². The summed E-state index contributed by atoms with van der Waals surface area (Å²) < 4.78 is 39.3. The van der Waals surface area contributed by atoms with Gasteiger partial charge < -0.3 is 10.6 Å². The van der Waals surface area contributed by atoms with Crippen LogP contribution in [0, 0.1) is 5.92 Å². The topological polar surface area (TPSA) is 76.0 Å². The monoisotopic (exact) mass is 304 g/mol. The Hall–Kier alpha value is -2.06. The maximum Gasteiger partial charge on any atom is 0.437 e. The van der Waals surface area contributed by atoms with Gasteiger partial charge in [0.2, 0.25) is 11.8 Å². The lowest BCUT2D eigenvalue weighted by Crippen LogP contribution is -2.48. The molecule has 2 heterocycles. The molecule has 1 aliphatic heterocycles. The SMILES string of the molecule is C[C@@H]1CC(=O)N[C@H](C(=O)Nc2cn(C)nc2C(F)(F)F)C1. The minimum absolute atomic E-state index is 0.00508. The summed E-state index contributed by atoms with van der Waals surface area (Å²) in [5, 5.41) is 7.96. The largest absolute Gasteiger partial charge is 0.437 e. The number of aromatic nitrogens is 2. The summed E-state index contributed by atoms with van der Waals surface area (Å²) in [6.45, 7) is 1.81. The van der Waals surface area contributed by atoms with E-state index in [1.807, 2.05) is 6.92 Å². The molecule has 9 heteroatoms. The second-order valence-corrected chi connectivity index (χ2v) is 5.22. The van der Waals surface area contributed by atoms with Crippen LogP contribution in [-0.4, -0.2) is 27.6 Å². The number of nitrogens with one attached hydrogen (secondary N) is 2. The quantitative estimate of drug-likeness (QED) is 0.864. The lowest BCUT2D eigenvalue weighted by atomic mass is 9.93. The Morgan fingerprint density at radius 1 is 1.52 bits per heavy atom. The third-order valence-electron chi connectivity index (χ3n) is 3.18. The van der Waals surface area contributed by atoms with E-state index in [-0.39, 0.29) is 11.8 Å². The standard InChI is InChI=1S/C12H15F3N4O2/c1-6-3-7(16-9(20)4-6)11(21)17-8-5-19(2)18-10(8)12(13,14)15/h5-7H,3-4H2,1-2H3,(H,16,20)(H,17,21)/t6-,7-/m0/s1. The van der Waals surface area contributed by atoms with Crippen LogP contribution in [-0.2, 0) is 22.8 Å². The van der Waals surface area contributed by atoms with Crippen LogP contribution in [0.3, 0.4) is 0 Å². The Kier molecular flexibility index (Phi) is 3.93. The van der Waals surface area contributed by atoms with Crippen LogP contribution in [0.1, 0.15) is 25.5 Å². The van der Waals surface area contributed by atoms with Crippen molar-refractivity contribution in [3.63, 3.8) is 0 Å². The first-order valence-electron chi connectivity index (χ1n) is 6.38. The van der Waals surface area contributed by atoms with E-state index in [9.17, 15) is 22.8 Å². The highest BCUT2D eigenvalue weighted by molar-refractivity contribution is 5.98. The van der Waals surface area contributed by atoms with Crippen molar-refractivity contribution in [3.8, 4) is 0 Å². The highest BCUT2D eigenvalue weighted by Crippen LogP contribution is 2.33.